The van der Waals surface area contributed by atoms with Crippen molar-refractivity contribution in [2.75, 3.05) is 67.1 Å². The SMILES string of the molecule is CCCC[C@H]1C(=O)N(C)[C@@H](CCCC)C(=O)N[C@@H](CC(C)C)C(=O)NCCOCC(=O)N[C@@H](Cc2ccc(O)cc2)C(=O)N(C)[C@@H](C)C(=O)N[C@@H](CC(N)=O)C(=O)N2CCCC2C(=O)N[C@@H](CN)C(=O)N[C@@H](CC(C)C)C(=O)N2C[C@H](O)C[C@H]2C(=O)N[C@@H](Cc2c[nH]c3ccccc23)C(=O)N[C@@H](CCN)C(=O)N[C@@H](Cc2cn(CC(=O)O)c3ccccc23)C(=O)N1C. The number of aromatic hydroxyl groups is 1. The molecule has 15 amide bonds. The highest BCUT2D eigenvalue weighted by molar-refractivity contribution is 6.02. The molecule has 14 atom stereocenters. The Balaban J connectivity index is 1.17. The number of ether oxygens (including phenoxy) is 1. The second-order valence-corrected chi connectivity index (χ2v) is 33.9. The number of aromatic amines is 1. The predicted octanol–water partition coefficient (Wildman–Crippen LogP) is -0.925. The number of aliphatic hydroxyl groups is 1. The molecule has 19 N–H and O–H groups in total. The smallest absolute Gasteiger partial charge is 0.323 e. The summed E-state index contributed by atoms with van der Waals surface area (Å²) < 4.78 is 7.16. The molecule has 5 aromatic rings. The van der Waals surface area contributed by atoms with Crippen LogP contribution in [0.3, 0.4) is 0 Å². The highest BCUT2D eigenvalue weighted by atomic mass is 16.5. The number of carboxylic acids is 1. The summed E-state index contributed by atoms with van der Waals surface area (Å²) in [4.78, 5) is 242. The van der Waals surface area contributed by atoms with Gasteiger partial charge in [-0.15, -0.1) is 0 Å². The maximum Gasteiger partial charge on any atom is 0.323 e. The summed E-state index contributed by atoms with van der Waals surface area (Å²) in [6.07, 6.45) is 1.89. The Morgan fingerprint density at radius 2 is 1.10 bits per heavy atom. The predicted molar refractivity (Wildman–Crippen MR) is 467 cm³/mol. The van der Waals surface area contributed by atoms with Gasteiger partial charge in [0, 0.05) is 107 Å². The van der Waals surface area contributed by atoms with Gasteiger partial charge in [0.05, 0.1) is 19.1 Å². The third-order valence-corrected chi connectivity index (χ3v) is 23.3. The van der Waals surface area contributed by atoms with Gasteiger partial charge < -0.3 is 119 Å². The van der Waals surface area contributed by atoms with Crippen molar-refractivity contribution in [2.24, 2.45) is 29.0 Å². The molecule has 0 spiro atoms. The number of rotatable bonds is 23. The molecule has 3 aliphatic heterocycles. The summed E-state index contributed by atoms with van der Waals surface area (Å²) >= 11 is 0. The summed E-state index contributed by atoms with van der Waals surface area (Å²) in [5.41, 5.74) is 20.6. The highest BCUT2D eigenvalue weighted by Gasteiger charge is 2.46. The van der Waals surface area contributed by atoms with E-state index < -0.39 is 212 Å². The van der Waals surface area contributed by atoms with Crippen LogP contribution in [0.2, 0.25) is 0 Å². The molecule has 1 unspecified atom stereocenters. The van der Waals surface area contributed by atoms with Crippen molar-refractivity contribution in [3.8, 4) is 5.75 Å². The number of aliphatic hydroxyl groups excluding tert-OH is 1. The molecule has 39 heteroatoms. The average Bonchev–Trinajstić information content (AvgIpc) is 1.67. The Bertz CT molecular complexity index is 4730. The number of phenolic OH excluding ortho intramolecular Hbond substituents is 1. The quantitative estimate of drug-likeness (QED) is 0.0376. The first-order chi connectivity index (χ1) is 60.4. The van der Waals surface area contributed by atoms with Gasteiger partial charge in [0.25, 0.3) is 0 Å². The molecule has 127 heavy (non-hydrogen) atoms. The van der Waals surface area contributed by atoms with Gasteiger partial charge >= 0.3 is 5.97 Å². The van der Waals surface area contributed by atoms with E-state index in [1.54, 1.807) is 68.6 Å². The van der Waals surface area contributed by atoms with Crippen LogP contribution in [0.5, 0.6) is 5.75 Å². The van der Waals surface area contributed by atoms with E-state index in [0.717, 1.165) is 14.7 Å². The summed E-state index contributed by atoms with van der Waals surface area (Å²) in [7, 11) is 4.04. The van der Waals surface area contributed by atoms with Crippen molar-refractivity contribution in [3.63, 3.8) is 0 Å². The summed E-state index contributed by atoms with van der Waals surface area (Å²) in [5.74, 6) is -14.9. The highest BCUT2D eigenvalue weighted by Crippen LogP contribution is 2.29. The molecule has 2 aromatic heterocycles. The number of aliphatic carboxylic acids is 1. The van der Waals surface area contributed by atoms with Crippen LogP contribution in [0.15, 0.2) is 85.2 Å². The standard InChI is InChI=1S/C88H127N19O20/c1-11-13-23-69-81(119)96-61(36-49(3)4)77(115)92-33-35-127-48-74(111)94-64(38-52-27-29-55(108)30-28-52)84(122)102(8)51(7)76(114)98-66(42-73(91)110)86(124)106-34-19-26-70(106)82(120)101-67(43-90)80(118)99-63(37-50(5)6)87(125)107-46-56(109)41-72(107)83(121)97-62(39-53-44-93-59-22-17-15-20-57(53)59)79(117)95-60(31-32-89)78(116)100-65(85(123)104(10)71(24-14-12-2)88(126)103(69)9)40-54-45-105(47-75(112)113)68-25-18-16-21-58(54)68/h15-18,20-22,25,27-30,44-45,49-51,56,60-67,69-72,93,108-109H,11-14,19,23-24,26,31-43,46-48,89-90H2,1-10H3,(H2,91,110)(H,92,115)(H,94,111)(H,95,117)(H,96,119)(H,97,121)(H,98,114)(H,99,118)(H,100,116)(H,101,120)(H,112,113)/t51-,56+,60-,61-,62-,63-,64-,65-,66-,67-,69-,70?,71-,72-/m0/s1. The number of amides is 15. The van der Waals surface area contributed by atoms with Gasteiger partial charge in [-0.2, -0.15) is 0 Å². The van der Waals surface area contributed by atoms with Gasteiger partial charge in [-0.05, 0) is 111 Å². The molecule has 0 radical (unpaired) electrons. The lowest BCUT2D eigenvalue weighted by atomic mass is 9.99. The molecule has 694 valence electrons. The third-order valence-electron chi connectivity index (χ3n) is 23.3. The topological polar surface area (TPSA) is 566 Å². The Labute approximate surface area is 737 Å². The van der Waals surface area contributed by atoms with Crippen LogP contribution in [0.25, 0.3) is 21.8 Å². The number of phenols is 1. The van der Waals surface area contributed by atoms with Crippen LogP contribution >= 0.6 is 0 Å². The third kappa shape index (κ3) is 27.5. The summed E-state index contributed by atoms with van der Waals surface area (Å²) in [6.45, 7) is 9.23. The van der Waals surface area contributed by atoms with E-state index in [0.29, 0.717) is 64.2 Å². The van der Waals surface area contributed by atoms with Crippen molar-refractivity contribution in [1.29, 1.82) is 0 Å². The molecule has 3 aliphatic rings. The number of likely N-dealkylation sites (N-methyl/N-ethyl adjacent to an activating group) is 3. The Morgan fingerprint density at radius 3 is 1.76 bits per heavy atom. The van der Waals surface area contributed by atoms with Crippen molar-refractivity contribution >= 4 is 116 Å². The van der Waals surface area contributed by atoms with Gasteiger partial charge in [-0.1, -0.05) is 116 Å². The number of hydrogen-bond donors (Lipinski definition) is 16. The molecule has 5 heterocycles. The average molecular weight is 1770 g/mol. The number of carbonyl (C=O) groups excluding carboxylic acids is 15. The van der Waals surface area contributed by atoms with Crippen LogP contribution in [-0.4, -0.2) is 296 Å². The Kier molecular flexibility index (Phi) is 37.5. The van der Waals surface area contributed by atoms with Gasteiger partial charge in [0.1, 0.15) is 97.4 Å². The number of para-hydroxylation sites is 2. The van der Waals surface area contributed by atoms with E-state index in [-0.39, 0.29) is 114 Å². The fourth-order valence-electron chi connectivity index (χ4n) is 16.3. The minimum atomic E-state index is -1.72. The molecule has 0 saturated carbocycles. The number of primary amides is 1. The zero-order chi connectivity index (χ0) is 93.2. The molecular formula is C88H127N19O20. The van der Waals surface area contributed by atoms with Crippen molar-refractivity contribution in [2.45, 2.75) is 242 Å². The molecule has 3 fully saturated rings. The minimum absolute atomic E-state index is 0.0108. The molecule has 3 saturated heterocycles. The maximum absolute atomic E-state index is 15.9. The fraction of sp³-hybridized carbons (Fsp3) is 0.568. The lowest BCUT2D eigenvalue weighted by Crippen LogP contribution is -2.61. The number of H-pyrrole nitrogens is 1. The van der Waals surface area contributed by atoms with Crippen LogP contribution in [0.4, 0.5) is 0 Å². The summed E-state index contributed by atoms with van der Waals surface area (Å²) in [5, 5.41) is 57.2. The first kappa shape index (κ1) is 100. The summed E-state index contributed by atoms with van der Waals surface area (Å²) in [6, 6.07) is 0.564. The number of nitrogens with zero attached hydrogens (tertiary/aromatic N) is 6. The van der Waals surface area contributed by atoms with Gasteiger partial charge in [-0.3, -0.25) is 76.7 Å². The van der Waals surface area contributed by atoms with Gasteiger partial charge in [-0.25, -0.2) is 0 Å². The Hall–Kier alpha value is -12.1. The zero-order valence-electron chi connectivity index (χ0n) is 74.0. The number of aromatic nitrogens is 2. The number of nitrogens with two attached hydrogens (primary N) is 3. The van der Waals surface area contributed by atoms with E-state index in [4.69, 9.17) is 21.9 Å². The molecule has 3 aromatic carbocycles. The number of carboxylic acid groups (broad SMARTS) is 1. The van der Waals surface area contributed by atoms with E-state index >= 15 is 28.8 Å². The number of nitrogens with one attached hydrogen (secondary N) is 10. The molecule has 0 aliphatic carbocycles. The van der Waals surface area contributed by atoms with Crippen molar-refractivity contribution < 1.29 is 96.8 Å². The monoisotopic (exact) mass is 1770 g/mol. The molecule has 0 bridgehead atoms. The second kappa shape index (κ2) is 47.5. The number of fused-ring (bicyclic) bond motifs is 4. The van der Waals surface area contributed by atoms with E-state index in [2.05, 4.69) is 52.8 Å². The number of benzene rings is 3. The van der Waals surface area contributed by atoms with E-state index in [1.807, 2.05) is 27.7 Å². The Morgan fingerprint density at radius 1 is 0.551 bits per heavy atom. The van der Waals surface area contributed by atoms with Gasteiger partial charge in [0.2, 0.25) is 88.6 Å². The minimum Gasteiger partial charge on any atom is -0.508 e. The number of hydrogen-bond acceptors (Lipinski definition) is 21. The van der Waals surface area contributed by atoms with E-state index in [1.165, 1.54) is 72.9 Å². The number of unbranched alkanes of at least 4 members (excludes halogenated alkanes) is 2. The molecule has 39 nitrogen and oxygen atoms in total. The number of carbonyl (C=O) groups is 16. The molecular weight excluding hydrogens is 1640 g/mol. The van der Waals surface area contributed by atoms with Crippen molar-refractivity contribution in [1.82, 2.24) is 81.9 Å². The van der Waals surface area contributed by atoms with Crippen LogP contribution in [0, 0.1) is 11.8 Å². The zero-order valence-corrected chi connectivity index (χ0v) is 74.0. The van der Waals surface area contributed by atoms with Crippen LogP contribution in [0.1, 0.15) is 149 Å². The van der Waals surface area contributed by atoms with E-state index in [9.17, 15) is 63.3 Å². The largest absolute Gasteiger partial charge is 0.508 e. The normalized spacial score (nSPS) is 25.2. The van der Waals surface area contributed by atoms with Crippen LogP contribution < -0.4 is 65.1 Å². The fourth-order valence-corrected chi connectivity index (χ4v) is 16.3. The lowest BCUT2D eigenvalue weighted by Gasteiger charge is -2.36. The molecule has 8 rings (SSSR count). The first-order valence-corrected chi connectivity index (χ1v) is 43.5. The van der Waals surface area contributed by atoms with Crippen molar-refractivity contribution in [3.05, 3.63) is 102 Å². The van der Waals surface area contributed by atoms with Crippen LogP contribution in [-0.2, 0) is 107 Å². The van der Waals surface area contributed by atoms with Gasteiger partial charge in [0.15, 0.2) is 0 Å². The lowest BCUT2D eigenvalue weighted by molar-refractivity contribution is -0.149. The second-order valence-electron chi connectivity index (χ2n) is 33.9. The first-order valence-electron chi connectivity index (χ1n) is 43.5. The maximum atomic E-state index is 15.9.